The summed E-state index contributed by atoms with van der Waals surface area (Å²) >= 11 is 0. The Morgan fingerprint density at radius 1 is 1.52 bits per heavy atom. The number of rotatable bonds is 6. The molecule has 116 valence electrons. The van der Waals surface area contributed by atoms with Crippen molar-refractivity contribution in [2.45, 2.75) is 26.3 Å². The van der Waals surface area contributed by atoms with Crippen LogP contribution < -0.4 is 10.5 Å². The van der Waals surface area contributed by atoms with Crippen LogP contribution in [-0.4, -0.2) is 41.5 Å². The van der Waals surface area contributed by atoms with Gasteiger partial charge in [0.1, 0.15) is 5.84 Å². The van der Waals surface area contributed by atoms with E-state index in [0.29, 0.717) is 0 Å². The minimum absolute atomic E-state index is 0.0364. The van der Waals surface area contributed by atoms with Crippen LogP contribution in [0, 0.1) is 5.82 Å². The number of nitrogens with zero attached hydrogens (tertiary/aromatic N) is 2. The summed E-state index contributed by atoms with van der Waals surface area (Å²) in [5.41, 5.74) is 5.63. The molecular formula is C14H20FN3O3. The number of carbonyl (C=O) groups excluding carboxylic acids is 1. The number of amides is 1. The van der Waals surface area contributed by atoms with E-state index >= 15 is 0 Å². The summed E-state index contributed by atoms with van der Waals surface area (Å²) in [5, 5.41) is 11.4. The Morgan fingerprint density at radius 2 is 2.19 bits per heavy atom. The number of oxime groups is 1. The number of methoxy groups -OCH3 is 1. The lowest BCUT2D eigenvalue weighted by atomic mass is 10.1. The summed E-state index contributed by atoms with van der Waals surface area (Å²) < 4.78 is 18.5. The maximum atomic E-state index is 13.7. The van der Waals surface area contributed by atoms with E-state index in [1.165, 1.54) is 24.1 Å². The number of halogens is 1. The molecule has 0 atom stereocenters. The van der Waals surface area contributed by atoms with Crippen LogP contribution >= 0.6 is 0 Å². The van der Waals surface area contributed by atoms with Gasteiger partial charge in [-0.3, -0.25) is 4.79 Å². The zero-order valence-electron chi connectivity index (χ0n) is 12.3. The molecular weight excluding hydrogens is 277 g/mol. The second-order valence-electron chi connectivity index (χ2n) is 4.78. The predicted octanol–water partition coefficient (Wildman–Crippen LogP) is 1.82. The summed E-state index contributed by atoms with van der Waals surface area (Å²) in [7, 11) is 1.36. The highest BCUT2D eigenvalue weighted by Crippen LogP contribution is 2.19. The first-order valence-corrected chi connectivity index (χ1v) is 6.51. The number of ether oxygens (including phenoxy) is 1. The Bertz CT molecular complexity index is 532. The number of benzene rings is 1. The molecule has 0 spiro atoms. The average molecular weight is 297 g/mol. The lowest BCUT2D eigenvalue weighted by Crippen LogP contribution is -2.39. The van der Waals surface area contributed by atoms with Gasteiger partial charge in [0, 0.05) is 24.6 Å². The van der Waals surface area contributed by atoms with Gasteiger partial charge in [-0.25, -0.2) is 4.39 Å². The Hall–Kier alpha value is -2.31. The Kier molecular flexibility index (Phi) is 5.95. The molecule has 0 radical (unpaired) electrons. The van der Waals surface area contributed by atoms with Crippen LogP contribution in [0.4, 0.5) is 4.39 Å². The Balaban J connectivity index is 2.93. The quantitative estimate of drug-likeness (QED) is 0.363. The number of nitrogens with two attached hydrogens (primary N) is 1. The first kappa shape index (κ1) is 16.7. The molecule has 0 bridgehead atoms. The fourth-order valence-electron chi connectivity index (χ4n) is 1.84. The number of carbonyl (C=O) groups is 1. The van der Waals surface area contributed by atoms with Gasteiger partial charge in [-0.1, -0.05) is 5.16 Å². The van der Waals surface area contributed by atoms with E-state index in [1.807, 2.05) is 13.8 Å². The largest absolute Gasteiger partial charge is 0.494 e. The lowest BCUT2D eigenvalue weighted by Gasteiger charge is -2.26. The monoisotopic (exact) mass is 297 g/mol. The molecule has 1 aromatic carbocycles. The molecule has 1 amide bonds. The third-order valence-electron chi connectivity index (χ3n) is 3.02. The van der Waals surface area contributed by atoms with Gasteiger partial charge in [0.15, 0.2) is 11.6 Å². The Labute approximate surface area is 123 Å². The van der Waals surface area contributed by atoms with E-state index in [-0.39, 0.29) is 42.1 Å². The van der Waals surface area contributed by atoms with Crippen LogP contribution in [0.25, 0.3) is 0 Å². The van der Waals surface area contributed by atoms with E-state index in [4.69, 9.17) is 15.7 Å². The van der Waals surface area contributed by atoms with E-state index in [0.717, 1.165) is 6.07 Å². The third kappa shape index (κ3) is 4.34. The summed E-state index contributed by atoms with van der Waals surface area (Å²) in [6, 6.07) is 3.95. The molecule has 0 unspecified atom stereocenters. The first-order valence-electron chi connectivity index (χ1n) is 6.51. The molecule has 6 nitrogen and oxygen atoms in total. The summed E-state index contributed by atoms with van der Waals surface area (Å²) in [4.78, 5) is 13.9. The summed E-state index contributed by atoms with van der Waals surface area (Å²) in [6.45, 7) is 3.95. The molecule has 0 saturated carbocycles. The van der Waals surface area contributed by atoms with Crippen molar-refractivity contribution in [2.75, 3.05) is 13.7 Å². The zero-order valence-corrected chi connectivity index (χ0v) is 12.3. The van der Waals surface area contributed by atoms with Gasteiger partial charge in [-0.2, -0.15) is 0 Å². The van der Waals surface area contributed by atoms with Gasteiger partial charge < -0.3 is 20.6 Å². The van der Waals surface area contributed by atoms with E-state index in [9.17, 15) is 9.18 Å². The van der Waals surface area contributed by atoms with Gasteiger partial charge in [0.2, 0.25) is 0 Å². The van der Waals surface area contributed by atoms with Crippen molar-refractivity contribution in [3.05, 3.63) is 29.6 Å². The number of amidine groups is 1. The van der Waals surface area contributed by atoms with Crippen LogP contribution in [0.15, 0.2) is 23.4 Å². The van der Waals surface area contributed by atoms with Crippen molar-refractivity contribution in [2.24, 2.45) is 10.9 Å². The summed E-state index contributed by atoms with van der Waals surface area (Å²) in [6.07, 6.45) is 0.235. The molecule has 0 heterocycles. The summed E-state index contributed by atoms with van der Waals surface area (Å²) in [5.74, 6) is -0.797. The SMILES string of the molecule is COc1ccc(C(=O)N(CCC(N)=NO)C(C)C)cc1F. The van der Waals surface area contributed by atoms with Gasteiger partial charge in [-0.05, 0) is 32.0 Å². The molecule has 0 saturated heterocycles. The molecule has 0 aliphatic heterocycles. The van der Waals surface area contributed by atoms with E-state index in [2.05, 4.69) is 5.16 Å². The van der Waals surface area contributed by atoms with Gasteiger partial charge in [0.25, 0.3) is 5.91 Å². The lowest BCUT2D eigenvalue weighted by molar-refractivity contribution is 0.0710. The second kappa shape index (κ2) is 7.47. The minimum atomic E-state index is -0.594. The fourth-order valence-corrected chi connectivity index (χ4v) is 1.84. The second-order valence-corrected chi connectivity index (χ2v) is 4.78. The highest BCUT2D eigenvalue weighted by atomic mass is 19.1. The predicted molar refractivity (Wildman–Crippen MR) is 77.2 cm³/mol. The van der Waals surface area contributed by atoms with Gasteiger partial charge >= 0.3 is 0 Å². The smallest absolute Gasteiger partial charge is 0.254 e. The average Bonchev–Trinajstić information content (AvgIpc) is 2.46. The van der Waals surface area contributed by atoms with Crippen molar-refractivity contribution in [1.29, 1.82) is 0 Å². The first-order chi connectivity index (χ1) is 9.90. The number of hydrogen-bond donors (Lipinski definition) is 2. The molecule has 0 aliphatic rings. The molecule has 1 aromatic rings. The molecule has 0 aliphatic carbocycles. The van der Waals surface area contributed by atoms with Crippen molar-refractivity contribution < 1.29 is 19.1 Å². The van der Waals surface area contributed by atoms with Gasteiger partial charge in [-0.15, -0.1) is 0 Å². The van der Waals surface area contributed by atoms with E-state index < -0.39 is 5.82 Å². The molecule has 3 N–H and O–H groups in total. The maximum absolute atomic E-state index is 13.7. The van der Waals surface area contributed by atoms with Gasteiger partial charge in [0.05, 0.1) is 7.11 Å². The number of hydrogen-bond acceptors (Lipinski definition) is 4. The van der Waals surface area contributed by atoms with Crippen molar-refractivity contribution in [1.82, 2.24) is 4.90 Å². The topological polar surface area (TPSA) is 88.2 Å². The van der Waals surface area contributed by atoms with Crippen molar-refractivity contribution >= 4 is 11.7 Å². The fraction of sp³-hybridized carbons (Fsp3) is 0.429. The van der Waals surface area contributed by atoms with Crippen molar-refractivity contribution in [3.8, 4) is 5.75 Å². The van der Waals surface area contributed by atoms with Crippen LogP contribution in [0.3, 0.4) is 0 Å². The van der Waals surface area contributed by atoms with Crippen LogP contribution in [0.5, 0.6) is 5.75 Å². The Morgan fingerprint density at radius 3 is 2.67 bits per heavy atom. The van der Waals surface area contributed by atoms with Crippen LogP contribution in [0.1, 0.15) is 30.6 Å². The molecule has 0 fully saturated rings. The van der Waals surface area contributed by atoms with E-state index in [1.54, 1.807) is 0 Å². The highest BCUT2D eigenvalue weighted by molar-refractivity contribution is 5.95. The zero-order chi connectivity index (χ0) is 16.0. The molecule has 1 rings (SSSR count). The molecule has 0 aromatic heterocycles. The standard InChI is InChI=1S/C14H20FN3O3/c1-9(2)18(7-6-13(16)17-20)14(19)10-4-5-12(21-3)11(15)8-10/h4-5,8-9,20H,6-7H2,1-3H3,(H2,16,17). The molecule has 21 heavy (non-hydrogen) atoms. The normalized spacial score (nSPS) is 11.6. The maximum Gasteiger partial charge on any atom is 0.254 e. The highest BCUT2D eigenvalue weighted by Gasteiger charge is 2.20. The minimum Gasteiger partial charge on any atom is -0.494 e. The molecule has 7 heteroatoms. The van der Waals surface area contributed by atoms with Crippen LogP contribution in [0.2, 0.25) is 0 Å². The third-order valence-corrected chi connectivity index (χ3v) is 3.02. The van der Waals surface area contributed by atoms with Crippen molar-refractivity contribution in [3.63, 3.8) is 0 Å². The van der Waals surface area contributed by atoms with Crippen LogP contribution in [-0.2, 0) is 0 Å².